The molecule has 0 saturated carbocycles. The monoisotopic (exact) mass is 293 g/mol. The van der Waals surface area contributed by atoms with Crippen LogP contribution in [0.1, 0.15) is 32.3 Å². The lowest BCUT2D eigenvalue weighted by molar-refractivity contribution is -0.144. The topological polar surface area (TPSA) is 102 Å². The van der Waals surface area contributed by atoms with Crippen molar-refractivity contribution in [1.29, 1.82) is 5.26 Å². The fourth-order valence-electron chi connectivity index (χ4n) is 1.87. The number of urea groups is 1. The number of halogens is 1. The van der Waals surface area contributed by atoms with Crippen molar-refractivity contribution >= 4 is 17.7 Å². The van der Waals surface area contributed by atoms with Gasteiger partial charge in [-0.1, -0.05) is 13.8 Å². The number of carboxylic acid groups (broad SMARTS) is 1. The fraction of sp³-hybridized carbons (Fsp3) is 0.357. The summed E-state index contributed by atoms with van der Waals surface area (Å²) in [6.45, 7) is 3.30. The van der Waals surface area contributed by atoms with Gasteiger partial charge < -0.3 is 15.7 Å². The maximum atomic E-state index is 13.0. The second-order valence-corrected chi connectivity index (χ2v) is 4.48. The number of carbonyl (C=O) groups is 2. The van der Waals surface area contributed by atoms with Gasteiger partial charge in [0.05, 0.1) is 11.3 Å². The van der Waals surface area contributed by atoms with Gasteiger partial charge in [0.25, 0.3) is 0 Å². The number of amides is 2. The molecule has 6 nitrogen and oxygen atoms in total. The van der Waals surface area contributed by atoms with Crippen LogP contribution in [0, 0.1) is 17.1 Å². The Morgan fingerprint density at radius 2 is 2.00 bits per heavy atom. The smallest absolute Gasteiger partial charge is 0.329 e. The van der Waals surface area contributed by atoms with E-state index in [4.69, 9.17) is 5.26 Å². The Balaban J connectivity index is 2.92. The van der Waals surface area contributed by atoms with Crippen molar-refractivity contribution in [2.45, 2.75) is 32.2 Å². The second kappa shape index (κ2) is 6.70. The van der Waals surface area contributed by atoms with Crippen molar-refractivity contribution in [2.24, 2.45) is 0 Å². The first kappa shape index (κ1) is 16.4. The zero-order valence-electron chi connectivity index (χ0n) is 11.7. The van der Waals surface area contributed by atoms with Crippen LogP contribution in [-0.4, -0.2) is 22.6 Å². The molecule has 2 amide bonds. The summed E-state index contributed by atoms with van der Waals surface area (Å²) in [7, 11) is 0. The number of anilines is 1. The molecule has 3 N–H and O–H groups in total. The largest absolute Gasteiger partial charge is 0.480 e. The van der Waals surface area contributed by atoms with Gasteiger partial charge in [-0.3, -0.25) is 0 Å². The molecule has 0 unspecified atom stereocenters. The number of carboxylic acids is 1. The lowest BCUT2D eigenvalue weighted by Crippen LogP contribution is -2.55. The van der Waals surface area contributed by atoms with Crippen LogP contribution in [0.15, 0.2) is 18.2 Å². The van der Waals surface area contributed by atoms with Crippen molar-refractivity contribution in [3.63, 3.8) is 0 Å². The van der Waals surface area contributed by atoms with E-state index in [2.05, 4.69) is 10.6 Å². The van der Waals surface area contributed by atoms with Gasteiger partial charge >= 0.3 is 12.0 Å². The molecule has 0 heterocycles. The normalized spacial score (nSPS) is 10.6. The lowest BCUT2D eigenvalue weighted by atomic mass is 9.93. The highest BCUT2D eigenvalue weighted by atomic mass is 19.1. The summed E-state index contributed by atoms with van der Waals surface area (Å²) in [6, 6.07) is 4.32. The van der Waals surface area contributed by atoms with E-state index in [1.165, 1.54) is 6.07 Å². The molecule has 0 aliphatic carbocycles. The SMILES string of the molecule is CCC(CC)(NC(=O)Nc1ccc(F)cc1C#N)C(=O)O. The Labute approximate surface area is 121 Å². The first-order valence-electron chi connectivity index (χ1n) is 6.40. The molecule has 112 valence electrons. The minimum Gasteiger partial charge on any atom is -0.480 e. The van der Waals surface area contributed by atoms with Gasteiger partial charge in [-0.25, -0.2) is 14.0 Å². The van der Waals surface area contributed by atoms with Crippen molar-refractivity contribution in [2.75, 3.05) is 5.32 Å². The van der Waals surface area contributed by atoms with Gasteiger partial charge in [0, 0.05) is 0 Å². The Hall–Kier alpha value is -2.62. The van der Waals surface area contributed by atoms with Crippen LogP contribution in [0.3, 0.4) is 0 Å². The standard InChI is InChI=1S/C14H16FN3O3/c1-3-14(4-2,12(19)20)18-13(21)17-11-6-5-10(15)7-9(11)8-16/h5-7H,3-4H2,1-2H3,(H,19,20)(H2,17,18,21). The number of hydrogen-bond acceptors (Lipinski definition) is 3. The van der Waals surface area contributed by atoms with Gasteiger partial charge in [0.2, 0.25) is 0 Å². The van der Waals surface area contributed by atoms with Crippen LogP contribution in [0.2, 0.25) is 0 Å². The summed E-state index contributed by atoms with van der Waals surface area (Å²) < 4.78 is 13.0. The summed E-state index contributed by atoms with van der Waals surface area (Å²) >= 11 is 0. The third-order valence-corrected chi connectivity index (χ3v) is 3.32. The maximum Gasteiger partial charge on any atom is 0.329 e. The van der Waals surface area contributed by atoms with Crippen LogP contribution in [0.4, 0.5) is 14.9 Å². The molecule has 0 fully saturated rings. The molecule has 0 radical (unpaired) electrons. The van der Waals surface area contributed by atoms with Gasteiger partial charge in [0.1, 0.15) is 17.4 Å². The minimum atomic E-state index is -1.38. The summed E-state index contributed by atoms with van der Waals surface area (Å²) in [5.41, 5.74) is -1.31. The number of hydrogen-bond donors (Lipinski definition) is 3. The number of aliphatic carboxylic acids is 1. The highest BCUT2D eigenvalue weighted by molar-refractivity contribution is 5.94. The molecule has 0 aliphatic heterocycles. The molecule has 21 heavy (non-hydrogen) atoms. The third kappa shape index (κ3) is 3.69. The molecule has 0 aliphatic rings. The van der Waals surface area contributed by atoms with E-state index in [1.807, 2.05) is 0 Å². The van der Waals surface area contributed by atoms with E-state index in [0.717, 1.165) is 12.1 Å². The Kier molecular flexibility index (Phi) is 5.24. The number of nitrogens with one attached hydrogen (secondary N) is 2. The highest BCUT2D eigenvalue weighted by Gasteiger charge is 2.36. The molecule has 7 heteroatoms. The predicted octanol–water partition coefficient (Wildman–Crippen LogP) is 2.46. The molecule has 1 aromatic carbocycles. The first-order valence-corrected chi connectivity index (χ1v) is 6.40. The zero-order chi connectivity index (χ0) is 16.0. The fourth-order valence-corrected chi connectivity index (χ4v) is 1.87. The number of rotatable bonds is 5. The van der Waals surface area contributed by atoms with E-state index in [-0.39, 0.29) is 24.1 Å². The predicted molar refractivity (Wildman–Crippen MR) is 74.2 cm³/mol. The highest BCUT2D eigenvalue weighted by Crippen LogP contribution is 2.18. The van der Waals surface area contributed by atoms with Crippen LogP contribution < -0.4 is 10.6 Å². The van der Waals surface area contributed by atoms with Gasteiger partial charge in [-0.05, 0) is 31.0 Å². The molecule has 0 atom stereocenters. The number of benzene rings is 1. The van der Waals surface area contributed by atoms with E-state index < -0.39 is 23.4 Å². The van der Waals surface area contributed by atoms with Gasteiger partial charge in [-0.2, -0.15) is 5.26 Å². The maximum absolute atomic E-state index is 13.0. The first-order chi connectivity index (χ1) is 9.88. The number of nitriles is 1. The molecule has 0 bridgehead atoms. The van der Waals surface area contributed by atoms with E-state index in [9.17, 15) is 19.1 Å². The van der Waals surface area contributed by atoms with E-state index >= 15 is 0 Å². The van der Waals surface area contributed by atoms with Gasteiger partial charge in [-0.15, -0.1) is 0 Å². The summed E-state index contributed by atoms with van der Waals surface area (Å²) in [5, 5.41) is 22.9. The van der Waals surface area contributed by atoms with Crippen molar-refractivity contribution in [3.8, 4) is 6.07 Å². The molecule has 0 aromatic heterocycles. The Morgan fingerprint density at radius 3 is 2.48 bits per heavy atom. The van der Waals surface area contributed by atoms with Crippen LogP contribution in [-0.2, 0) is 4.79 Å². The summed E-state index contributed by atoms with van der Waals surface area (Å²) in [4.78, 5) is 23.2. The summed E-state index contributed by atoms with van der Waals surface area (Å²) in [5.74, 6) is -1.73. The molecular formula is C14H16FN3O3. The minimum absolute atomic E-state index is 0.0425. The average Bonchev–Trinajstić information content (AvgIpc) is 2.46. The van der Waals surface area contributed by atoms with Crippen LogP contribution in [0.5, 0.6) is 0 Å². The van der Waals surface area contributed by atoms with Crippen LogP contribution >= 0.6 is 0 Å². The number of carbonyl (C=O) groups excluding carboxylic acids is 1. The van der Waals surface area contributed by atoms with Crippen molar-refractivity contribution in [3.05, 3.63) is 29.6 Å². The van der Waals surface area contributed by atoms with E-state index in [0.29, 0.717) is 0 Å². The molecular weight excluding hydrogens is 277 g/mol. The second-order valence-electron chi connectivity index (χ2n) is 4.48. The quantitative estimate of drug-likeness (QED) is 0.776. The zero-order valence-corrected chi connectivity index (χ0v) is 11.7. The molecule has 1 rings (SSSR count). The Morgan fingerprint density at radius 1 is 1.38 bits per heavy atom. The Bertz CT molecular complexity index is 592. The van der Waals surface area contributed by atoms with Crippen molar-refractivity contribution < 1.29 is 19.1 Å². The molecule has 0 spiro atoms. The van der Waals surface area contributed by atoms with Gasteiger partial charge in [0.15, 0.2) is 0 Å². The van der Waals surface area contributed by atoms with Crippen LogP contribution in [0.25, 0.3) is 0 Å². The lowest BCUT2D eigenvalue weighted by Gasteiger charge is -2.28. The average molecular weight is 293 g/mol. The molecule has 1 aromatic rings. The summed E-state index contributed by atoms with van der Waals surface area (Å²) in [6.07, 6.45) is 0.418. The van der Waals surface area contributed by atoms with E-state index in [1.54, 1.807) is 19.9 Å². The molecule has 0 saturated heterocycles. The number of nitrogens with zero attached hydrogens (tertiary/aromatic N) is 1. The third-order valence-electron chi connectivity index (χ3n) is 3.32. The van der Waals surface area contributed by atoms with Crippen molar-refractivity contribution in [1.82, 2.24) is 5.32 Å².